The molecule has 1 aromatic carbocycles. The number of hydrogen-bond donors (Lipinski definition) is 3. The van der Waals surface area contributed by atoms with Crippen LogP contribution in [0.1, 0.15) is 32.9 Å². The van der Waals surface area contributed by atoms with Crippen molar-refractivity contribution in [3.05, 3.63) is 46.9 Å². The third-order valence-corrected chi connectivity index (χ3v) is 6.40. The van der Waals surface area contributed by atoms with E-state index in [2.05, 4.69) is 32.9 Å². The van der Waals surface area contributed by atoms with Gasteiger partial charge in [-0.2, -0.15) is 0 Å². The summed E-state index contributed by atoms with van der Waals surface area (Å²) in [4.78, 5) is 16.6. The summed E-state index contributed by atoms with van der Waals surface area (Å²) in [7, 11) is 1.49. The van der Waals surface area contributed by atoms with E-state index in [1.165, 1.54) is 25.3 Å². The molecule has 0 bridgehead atoms. The van der Waals surface area contributed by atoms with Crippen molar-refractivity contribution < 1.29 is 23.8 Å². The van der Waals surface area contributed by atoms with Crippen LogP contribution in [0.25, 0.3) is 11.3 Å². The first kappa shape index (κ1) is 27.6. The molecule has 0 radical (unpaired) electrons. The van der Waals surface area contributed by atoms with Gasteiger partial charge in [0.1, 0.15) is 28.5 Å². The van der Waals surface area contributed by atoms with Crippen molar-refractivity contribution >= 4 is 40.3 Å². The van der Waals surface area contributed by atoms with Crippen LogP contribution in [0.15, 0.2) is 30.3 Å². The second-order valence-electron chi connectivity index (χ2n) is 8.72. The van der Waals surface area contributed by atoms with Crippen molar-refractivity contribution in [3.63, 3.8) is 0 Å². The fraction of sp³-hybridized carbons (Fsp3) is 0.478. The normalized spacial score (nSPS) is 14.3. The molecule has 0 aliphatic carbocycles. The van der Waals surface area contributed by atoms with Crippen molar-refractivity contribution in [3.8, 4) is 17.0 Å². The van der Waals surface area contributed by atoms with Gasteiger partial charge in [-0.25, -0.2) is 14.2 Å². The first-order chi connectivity index (χ1) is 15.4. The van der Waals surface area contributed by atoms with Gasteiger partial charge in [0.05, 0.1) is 17.8 Å². The number of methoxy groups -OCH3 is 1. The fourth-order valence-electron chi connectivity index (χ4n) is 3.21. The van der Waals surface area contributed by atoms with E-state index in [1.54, 1.807) is 32.9 Å². The molecule has 33 heavy (non-hydrogen) atoms. The molecular formula is C23H30ClFIN3O4. The highest BCUT2D eigenvalue weighted by Crippen LogP contribution is 2.35. The van der Waals surface area contributed by atoms with E-state index in [1.807, 2.05) is 0 Å². The SMILES string of the molecule is COc1ccc(C(O)(CN)CC(CI)CNC(=O)OC(C)(C)C)nc1-c1ccc(F)c(Cl)c1. The predicted molar refractivity (Wildman–Crippen MR) is 135 cm³/mol. The smallest absolute Gasteiger partial charge is 0.407 e. The summed E-state index contributed by atoms with van der Waals surface area (Å²) >= 11 is 8.15. The first-order valence-electron chi connectivity index (χ1n) is 10.4. The van der Waals surface area contributed by atoms with Crippen LogP contribution in [-0.2, 0) is 10.3 Å². The third-order valence-electron chi connectivity index (χ3n) is 4.86. The molecule has 4 N–H and O–H groups in total. The summed E-state index contributed by atoms with van der Waals surface area (Å²) in [5.74, 6) is -0.200. The fourth-order valence-corrected chi connectivity index (χ4v) is 4.02. The minimum Gasteiger partial charge on any atom is -0.494 e. The minimum atomic E-state index is -1.46. The molecule has 2 unspecified atom stereocenters. The van der Waals surface area contributed by atoms with Gasteiger partial charge in [0, 0.05) is 23.1 Å². The Morgan fingerprint density at radius 2 is 2.03 bits per heavy atom. The zero-order valence-electron chi connectivity index (χ0n) is 19.1. The van der Waals surface area contributed by atoms with Crippen LogP contribution < -0.4 is 15.8 Å². The van der Waals surface area contributed by atoms with Crippen molar-refractivity contribution in [2.75, 3.05) is 24.6 Å². The number of ether oxygens (including phenoxy) is 2. The lowest BCUT2D eigenvalue weighted by atomic mass is 9.87. The highest BCUT2D eigenvalue weighted by Gasteiger charge is 2.33. The van der Waals surface area contributed by atoms with Gasteiger partial charge in [0.2, 0.25) is 0 Å². The van der Waals surface area contributed by atoms with Crippen LogP contribution in [0.4, 0.5) is 9.18 Å². The number of nitrogens with one attached hydrogen (secondary N) is 1. The van der Waals surface area contributed by atoms with Gasteiger partial charge in [0.15, 0.2) is 0 Å². The molecule has 0 saturated heterocycles. The van der Waals surface area contributed by atoms with Gasteiger partial charge in [0.25, 0.3) is 0 Å². The summed E-state index contributed by atoms with van der Waals surface area (Å²) in [5.41, 5.74) is 5.20. The van der Waals surface area contributed by atoms with Crippen molar-refractivity contribution in [1.82, 2.24) is 10.3 Å². The van der Waals surface area contributed by atoms with Gasteiger partial charge >= 0.3 is 6.09 Å². The molecule has 0 fully saturated rings. The number of carbonyl (C=O) groups excluding carboxylic acids is 1. The van der Waals surface area contributed by atoms with Crippen molar-refractivity contribution in [2.24, 2.45) is 11.7 Å². The minimum absolute atomic E-state index is 0.0472. The molecule has 2 rings (SSSR count). The van der Waals surface area contributed by atoms with Gasteiger partial charge in [-0.3, -0.25) is 0 Å². The van der Waals surface area contributed by atoms with Gasteiger partial charge in [-0.1, -0.05) is 34.2 Å². The third kappa shape index (κ3) is 7.66. The van der Waals surface area contributed by atoms with Crippen molar-refractivity contribution in [2.45, 2.75) is 38.4 Å². The number of alkyl halides is 1. The topological polar surface area (TPSA) is 107 Å². The number of aliphatic hydroxyl groups is 1. The summed E-state index contributed by atoms with van der Waals surface area (Å²) in [6.07, 6.45) is -0.266. The monoisotopic (exact) mass is 593 g/mol. The number of aromatic nitrogens is 1. The molecule has 182 valence electrons. The van der Waals surface area contributed by atoms with E-state index in [9.17, 15) is 14.3 Å². The lowest BCUT2D eigenvalue weighted by molar-refractivity contribution is 0.0171. The summed E-state index contributed by atoms with van der Waals surface area (Å²) in [6, 6.07) is 7.55. The Morgan fingerprint density at radius 3 is 2.58 bits per heavy atom. The Kier molecular flexibility index (Phi) is 9.71. The number of alkyl carbamates (subject to hydrolysis) is 1. The summed E-state index contributed by atoms with van der Waals surface area (Å²) < 4.78 is 25.0. The largest absolute Gasteiger partial charge is 0.494 e. The predicted octanol–water partition coefficient (Wildman–Crippen LogP) is 4.66. The molecule has 1 amide bonds. The highest BCUT2D eigenvalue weighted by atomic mass is 127. The van der Waals surface area contributed by atoms with Crippen LogP contribution in [0, 0.1) is 11.7 Å². The molecule has 10 heteroatoms. The van der Waals surface area contributed by atoms with Gasteiger partial charge < -0.3 is 25.6 Å². The van der Waals surface area contributed by atoms with E-state index < -0.39 is 23.1 Å². The number of amides is 1. The van der Waals surface area contributed by atoms with Gasteiger partial charge in [-0.15, -0.1) is 0 Å². The Balaban J connectivity index is 2.29. The van der Waals surface area contributed by atoms with E-state index in [0.717, 1.165) is 0 Å². The Bertz CT molecular complexity index is 973. The maximum Gasteiger partial charge on any atom is 0.407 e. The van der Waals surface area contributed by atoms with Crippen LogP contribution in [0.5, 0.6) is 5.75 Å². The number of carbonyl (C=O) groups is 1. The second-order valence-corrected chi connectivity index (χ2v) is 10.0. The quantitative estimate of drug-likeness (QED) is 0.288. The number of halogens is 3. The first-order valence-corrected chi connectivity index (χ1v) is 12.3. The molecule has 0 aliphatic heterocycles. The molecular weight excluding hydrogens is 564 g/mol. The van der Waals surface area contributed by atoms with Crippen LogP contribution in [0.3, 0.4) is 0 Å². The molecule has 1 heterocycles. The number of rotatable bonds is 9. The van der Waals surface area contributed by atoms with Crippen LogP contribution >= 0.6 is 34.2 Å². The zero-order valence-corrected chi connectivity index (χ0v) is 22.0. The zero-order chi connectivity index (χ0) is 24.8. The van der Waals surface area contributed by atoms with Crippen molar-refractivity contribution in [1.29, 1.82) is 0 Å². The molecule has 2 atom stereocenters. The number of hydrogen-bond acceptors (Lipinski definition) is 6. The van der Waals surface area contributed by atoms with Crippen LogP contribution in [0.2, 0.25) is 5.02 Å². The molecule has 1 aromatic heterocycles. The van der Waals surface area contributed by atoms with E-state index >= 15 is 0 Å². The van der Waals surface area contributed by atoms with E-state index in [4.69, 9.17) is 26.8 Å². The highest BCUT2D eigenvalue weighted by molar-refractivity contribution is 14.1. The maximum absolute atomic E-state index is 13.6. The summed E-state index contributed by atoms with van der Waals surface area (Å²) in [5, 5.41) is 14.1. The molecule has 0 saturated carbocycles. The number of nitrogens with two attached hydrogens (primary N) is 1. The molecule has 0 spiro atoms. The van der Waals surface area contributed by atoms with E-state index in [0.29, 0.717) is 33.7 Å². The average Bonchev–Trinajstić information content (AvgIpc) is 2.76. The Hall–Kier alpha value is -1.69. The molecule has 0 aliphatic rings. The lowest BCUT2D eigenvalue weighted by Gasteiger charge is -2.31. The van der Waals surface area contributed by atoms with Crippen LogP contribution in [-0.4, -0.2) is 46.4 Å². The number of nitrogens with zero attached hydrogens (tertiary/aromatic N) is 1. The van der Waals surface area contributed by atoms with Gasteiger partial charge in [-0.05, 0) is 63.4 Å². The Labute approximate surface area is 212 Å². The maximum atomic E-state index is 13.6. The molecule has 7 nitrogen and oxygen atoms in total. The standard InChI is InChI=1S/C23H30ClFIN3O4/c1-22(2,3)33-21(30)28-12-14(11-26)10-23(31,13-27)19-8-7-18(32-4)20(29-19)15-5-6-17(25)16(24)9-15/h5-9,14,31H,10-13,27H2,1-4H3,(H,28,30). The lowest BCUT2D eigenvalue weighted by Crippen LogP contribution is -2.42. The second kappa shape index (κ2) is 11.6. The molecule has 2 aromatic rings. The van der Waals surface area contributed by atoms with E-state index in [-0.39, 0.29) is 23.9 Å². The Morgan fingerprint density at radius 1 is 1.33 bits per heavy atom. The average molecular weight is 594 g/mol. The number of pyridine rings is 1. The summed E-state index contributed by atoms with van der Waals surface area (Å²) in [6.45, 7) is 5.58. The number of benzene rings is 1.